The number of hydrogen-bond donors (Lipinski definition) is 1. The molecule has 0 unspecified atom stereocenters. The summed E-state index contributed by atoms with van der Waals surface area (Å²) < 4.78 is 4.25. The van der Waals surface area contributed by atoms with E-state index in [-0.39, 0.29) is 0 Å². The standard InChI is InChI=1S/C6H8N2.C2H6O/c1-5-3-2-4-8-6(5)7;1-3-2/h2-4H,1H3,(H2,7,8);1-2H3. The molecule has 3 heteroatoms. The van der Waals surface area contributed by atoms with Crippen molar-refractivity contribution in [1.82, 2.24) is 4.98 Å². The number of aromatic nitrogens is 1. The second-order valence-electron chi connectivity index (χ2n) is 2.11. The summed E-state index contributed by atoms with van der Waals surface area (Å²) in [6, 6.07) is 3.80. The highest BCUT2D eigenvalue weighted by Crippen LogP contribution is 2.01. The van der Waals surface area contributed by atoms with Gasteiger partial charge in [-0.05, 0) is 18.6 Å². The van der Waals surface area contributed by atoms with Crippen molar-refractivity contribution in [3.05, 3.63) is 23.9 Å². The number of hydrogen-bond acceptors (Lipinski definition) is 3. The van der Waals surface area contributed by atoms with E-state index in [4.69, 9.17) is 5.73 Å². The average Bonchev–Trinajstić information content (AvgIpc) is 1.97. The minimum Gasteiger partial charge on any atom is -0.388 e. The summed E-state index contributed by atoms with van der Waals surface area (Å²) in [6.07, 6.45) is 1.68. The molecule has 0 atom stereocenters. The highest BCUT2D eigenvalue weighted by Gasteiger charge is 1.86. The molecule has 62 valence electrons. The second-order valence-corrected chi connectivity index (χ2v) is 2.11. The van der Waals surface area contributed by atoms with Gasteiger partial charge in [0.2, 0.25) is 0 Å². The Morgan fingerprint density at radius 1 is 1.45 bits per heavy atom. The van der Waals surface area contributed by atoms with Crippen molar-refractivity contribution in [2.75, 3.05) is 20.0 Å². The second kappa shape index (κ2) is 5.68. The quantitative estimate of drug-likeness (QED) is 0.611. The van der Waals surface area contributed by atoms with Crippen LogP contribution in [-0.4, -0.2) is 19.2 Å². The molecule has 11 heavy (non-hydrogen) atoms. The van der Waals surface area contributed by atoms with Crippen LogP contribution in [0.25, 0.3) is 0 Å². The molecule has 0 saturated carbocycles. The minimum absolute atomic E-state index is 0.618. The van der Waals surface area contributed by atoms with Gasteiger partial charge < -0.3 is 10.5 Å². The number of pyridine rings is 1. The van der Waals surface area contributed by atoms with E-state index >= 15 is 0 Å². The first-order chi connectivity index (χ1) is 5.22. The molecule has 1 heterocycles. The van der Waals surface area contributed by atoms with Crippen molar-refractivity contribution in [1.29, 1.82) is 0 Å². The van der Waals surface area contributed by atoms with E-state index < -0.39 is 0 Å². The number of rotatable bonds is 0. The van der Waals surface area contributed by atoms with Crippen molar-refractivity contribution in [2.45, 2.75) is 6.92 Å². The van der Waals surface area contributed by atoms with Crippen LogP contribution in [0.5, 0.6) is 0 Å². The molecule has 0 aliphatic rings. The molecule has 0 aromatic carbocycles. The Kier molecular flexibility index (Phi) is 5.11. The first kappa shape index (κ1) is 9.91. The summed E-state index contributed by atoms with van der Waals surface area (Å²) in [7, 11) is 3.25. The first-order valence-electron chi connectivity index (χ1n) is 3.29. The summed E-state index contributed by atoms with van der Waals surface area (Å²) >= 11 is 0. The molecule has 0 aliphatic carbocycles. The van der Waals surface area contributed by atoms with Gasteiger partial charge in [0, 0.05) is 20.4 Å². The Labute approximate surface area is 67.2 Å². The zero-order valence-corrected chi connectivity index (χ0v) is 7.16. The predicted molar refractivity (Wildman–Crippen MR) is 46.3 cm³/mol. The average molecular weight is 154 g/mol. The summed E-state index contributed by atoms with van der Waals surface area (Å²) in [5, 5.41) is 0. The van der Waals surface area contributed by atoms with Gasteiger partial charge in [-0.1, -0.05) is 6.07 Å². The maximum absolute atomic E-state index is 5.41. The third-order valence-electron chi connectivity index (χ3n) is 1.05. The van der Waals surface area contributed by atoms with Gasteiger partial charge in [-0.2, -0.15) is 0 Å². The fourth-order valence-corrected chi connectivity index (χ4v) is 0.498. The first-order valence-corrected chi connectivity index (χ1v) is 3.29. The number of nitrogens with zero attached hydrogens (tertiary/aromatic N) is 1. The lowest BCUT2D eigenvalue weighted by Gasteiger charge is -1.92. The fraction of sp³-hybridized carbons (Fsp3) is 0.375. The molecular formula is C8H14N2O. The minimum atomic E-state index is 0.618. The normalized spacial score (nSPS) is 8.27. The van der Waals surface area contributed by atoms with E-state index in [1.54, 1.807) is 20.4 Å². The maximum atomic E-state index is 5.41. The topological polar surface area (TPSA) is 48.1 Å². The molecule has 0 fully saturated rings. The van der Waals surface area contributed by atoms with Crippen molar-refractivity contribution in [2.24, 2.45) is 0 Å². The number of nitrogen functional groups attached to an aromatic ring is 1. The van der Waals surface area contributed by atoms with Crippen molar-refractivity contribution >= 4 is 5.82 Å². The van der Waals surface area contributed by atoms with E-state index in [9.17, 15) is 0 Å². The van der Waals surface area contributed by atoms with Gasteiger partial charge in [0.1, 0.15) is 5.82 Å². The van der Waals surface area contributed by atoms with Gasteiger partial charge in [-0.15, -0.1) is 0 Å². The molecule has 1 aromatic heterocycles. The van der Waals surface area contributed by atoms with Crippen LogP contribution in [0.3, 0.4) is 0 Å². The zero-order valence-electron chi connectivity index (χ0n) is 7.16. The molecule has 0 spiro atoms. The predicted octanol–water partition coefficient (Wildman–Crippen LogP) is 1.23. The van der Waals surface area contributed by atoms with Crippen LogP contribution in [0.2, 0.25) is 0 Å². The third-order valence-corrected chi connectivity index (χ3v) is 1.05. The summed E-state index contributed by atoms with van der Waals surface area (Å²) in [4.78, 5) is 3.86. The lowest BCUT2D eigenvalue weighted by molar-refractivity contribution is 0.277. The molecule has 1 aromatic rings. The van der Waals surface area contributed by atoms with E-state index in [1.165, 1.54) is 0 Å². The van der Waals surface area contributed by atoms with Gasteiger partial charge in [-0.3, -0.25) is 0 Å². The van der Waals surface area contributed by atoms with Crippen LogP contribution >= 0.6 is 0 Å². The fourth-order valence-electron chi connectivity index (χ4n) is 0.498. The maximum Gasteiger partial charge on any atom is 0.126 e. The van der Waals surface area contributed by atoms with Crippen molar-refractivity contribution in [3.8, 4) is 0 Å². The van der Waals surface area contributed by atoms with Crippen LogP contribution in [-0.2, 0) is 4.74 Å². The molecule has 1 rings (SSSR count). The Morgan fingerprint density at radius 2 is 2.00 bits per heavy atom. The number of aryl methyl sites for hydroxylation is 1. The zero-order chi connectivity index (χ0) is 8.69. The Morgan fingerprint density at radius 3 is 2.27 bits per heavy atom. The Balaban J connectivity index is 0.000000292. The van der Waals surface area contributed by atoms with Gasteiger partial charge in [-0.25, -0.2) is 4.98 Å². The third kappa shape index (κ3) is 4.33. The number of methoxy groups -OCH3 is 1. The molecule has 0 radical (unpaired) electrons. The molecule has 0 bridgehead atoms. The molecular weight excluding hydrogens is 140 g/mol. The smallest absolute Gasteiger partial charge is 0.126 e. The largest absolute Gasteiger partial charge is 0.388 e. The van der Waals surface area contributed by atoms with E-state index in [1.807, 2.05) is 19.1 Å². The van der Waals surface area contributed by atoms with Crippen LogP contribution in [0.4, 0.5) is 5.82 Å². The van der Waals surface area contributed by atoms with Gasteiger partial charge >= 0.3 is 0 Å². The van der Waals surface area contributed by atoms with Crippen molar-refractivity contribution in [3.63, 3.8) is 0 Å². The van der Waals surface area contributed by atoms with Gasteiger partial charge in [0.25, 0.3) is 0 Å². The molecule has 2 N–H and O–H groups in total. The van der Waals surface area contributed by atoms with Gasteiger partial charge in [0.05, 0.1) is 0 Å². The molecule has 3 nitrogen and oxygen atoms in total. The van der Waals surface area contributed by atoms with Gasteiger partial charge in [0.15, 0.2) is 0 Å². The monoisotopic (exact) mass is 154 g/mol. The highest BCUT2D eigenvalue weighted by atomic mass is 16.4. The SMILES string of the molecule is COC.Cc1cccnc1N. The van der Waals surface area contributed by atoms with E-state index in [2.05, 4.69) is 9.72 Å². The van der Waals surface area contributed by atoms with Crippen molar-refractivity contribution < 1.29 is 4.74 Å². The van der Waals surface area contributed by atoms with E-state index in [0.717, 1.165) is 5.56 Å². The van der Waals surface area contributed by atoms with Crippen LogP contribution < -0.4 is 5.73 Å². The number of ether oxygens (including phenoxy) is 1. The number of anilines is 1. The summed E-state index contributed by atoms with van der Waals surface area (Å²) in [6.45, 7) is 1.93. The highest BCUT2D eigenvalue weighted by molar-refractivity contribution is 5.36. The van der Waals surface area contributed by atoms with Crippen LogP contribution in [0, 0.1) is 6.92 Å². The summed E-state index contributed by atoms with van der Waals surface area (Å²) in [5.41, 5.74) is 6.44. The van der Waals surface area contributed by atoms with Crippen LogP contribution in [0.15, 0.2) is 18.3 Å². The Hall–Kier alpha value is -1.09. The Bertz CT molecular complexity index is 180. The molecule has 0 aliphatic heterocycles. The number of nitrogens with two attached hydrogens (primary N) is 1. The lowest BCUT2D eigenvalue weighted by Crippen LogP contribution is -1.90. The van der Waals surface area contributed by atoms with E-state index in [0.29, 0.717) is 5.82 Å². The molecule has 0 amide bonds. The van der Waals surface area contributed by atoms with Crippen LogP contribution in [0.1, 0.15) is 5.56 Å². The summed E-state index contributed by atoms with van der Waals surface area (Å²) in [5.74, 6) is 0.618. The molecule has 0 saturated heterocycles. The lowest BCUT2D eigenvalue weighted by atomic mass is 10.3.